The molecule has 2 heteroatoms. The minimum absolute atomic E-state index is 0.000556. The molecule has 1 aromatic carbocycles. The highest BCUT2D eigenvalue weighted by Gasteiger charge is 2.12. The summed E-state index contributed by atoms with van der Waals surface area (Å²) in [7, 11) is 0. The van der Waals surface area contributed by atoms with Crippen LogP contribution in [0.25, 0.3) is 0 Å². The summed E-state index contributed by atoms with van der Waals surface area (Å²) in [6.07, 6.45) is 0. The fourth-order valence-corrected chi connectivity index (χ4v) is 1.69. The predicted molar refractivity (Wildman–Crippen MR) is 53.1 cm³/mol. The quantitative estimate of drug-likeness (QED) is 0.731. The monoisotopic (exact) mass is 180 g/mol. The molecule has 1 aromatic rings. The topological polar surface area (TPSA) is 40.5 Å². The molecule has 0 saturated heterocycles. The summed E-state index contributed by atoms with van der Waals surface area (Å²) in [6.45, 7) is 5.86. The Morgan fingerprint density at radius 2 is 1.92 bits per heavy atom. The van der Waals surface area contributed by atoms with Crippen LogP contribution < -0.4 is 0 Å². The zero-order chi connectivity index (χ0) is 10.0. The molecule has 0 aromatic heterocycles. The van der Waals surface area contributed by atoms with E-state index in [0.29, 0.717) is 5.75 Å². The van der Waals surface area contributed by atoms with Gasteiger partial charge < -0.3 is 10.2 Å². The molecule has 0 aliphatic rings. The van der Waals surface area contributed by atoms with Gasteiger partial charge in [-0.1, -0.05) is 13.0 Å². The van der Waals surface area contributed by atoms with E-state index in [4.69, 9.17) is 5.11 Å². The first-order chi connectivity index (χ1) is 6.06. The number of phenolic OH excluding ortho intramolecular Hbond substituents is 1. The molecule has 1 atom stereocenters. The number of aromatic hydroxyl groups is 1. The molecule has 0 saturated carbocycles. The highest BCUT2D eigenvalue weighted by molar-refractivity contribution is 5.44. The SMILES string of the molecule is Cc1cc(C)c(C(C)CO)c(O)c1. The van der Waals surface area contributed by atoms with Crippen molar-refractivity contribution in [3.05, 3.63) is 28.8 Å². The fraction of sp³-hybridized carbons (Fsp3) is 0.455. The molecule has 0 aliphatic carbocycles. The lowest BCUT2D eigenvalue weighted by Gasteiger charge is -2.14. The van der Waals surface area contributed by atoms with Crippen molar-refractivity contribution in [3.63, 3.8) is 0 Å². The lowest BCUT2D eigenvalue weighted by molar-refractivity contribution is 0.270. The number of benzene rings is 1. The van der Waals surface area contributed by atoms with Crippen LogP contribution in [0.15, 0.2) is 12.1 Å². The maximum atomic E-state index is 9.66. The molecule has 0 bridgehead atoms. The van der Waals surface area contributed by atoms with Crippen LogP contribution in [-0.2, 0) is 0 Å². The number of aliphatic hydroxyl groups excluding tert-OH is 1. The molecule has 1 rings (SSSR count). The second-order valence-electron chi connectivity index (χ2n) is 3.60. The minimum Gasteiger partial charge on any atom is -0.508 e. The van der Waals surface area contributed by atoms with Crippen molar-refractivity contribution >= 4 is 0 Å². The first-order valence-electron chi connectivity index (χ1n) is 4.47. The highest BCUT2D eigenvalue weighted by Crippen LogP contribution is 2.29. The molecular weight excluding hydrogens is 164 g/mol. The van der Waals surface area contributed by atoms with E-state index in [9.17, 15) is 5.11 Å². The average Bonchev–Trinajstić information content (AvgIpc) is 2.02. The Labute approximate surface area is 78.8 Å². The van der Waals surface area contributed by atoms with Gasteiger partial charge in [0.2, 0.25) is 0 Å². The van der Waals surface area contributed by atoms with E-state index in [1.165, 1.54) is 0 Å². The van der Waals surface area contributed by atoms with Crippen molar-refractivity contribution in [1.29, 1.82) is 0 Å². The van der Waals surface area contributed by atoms with Crippen molar-refractivity contribution < 1.29 is 10.2 Å². The largest absolute Gasteiger partial charge is 0.508 e. The molecule has 2 N–H and O–H groups in total. The number of phenols is 1. The number of hydrogen-bond acceptors (Lipinski definition) is 2. The third kappa shape index (κ3) is 2.01. The van der Waals surface area contributed by atoms with Gasteiger partial charge in [-0.2, -0.15) is 0 Å². The van der Waals surface area contributed by atoms with Crippen molar-refractivity contribution in [3.8, 4) is 5.75 Å². The molecule has 0 amide bonds. The average molecular weight is 180 g/mol. The van der Waals surface area contributed by atoms with Gasteiger partial charge in [0.05, 0.1) is 0 Å². The zero-order valence-corrected chi connectivity index (χ0v) is 8.33. The Kier molecular flexibility index (Phi) is 2.94. The number of rotatable bonds is 2. The van der Waals surface area contributed by atoms with Gasteiger partial charge >= 0.3 is 0 Å². The third-order valence-electron chi connectivity index (χ3n) is 2.28. The van der Waals surface area contributed by atoms with E-state index in [0.717, 1.165) is 16.7 Å². The van der Waals surface area contributed by atoms with E-state index < -0.39 is 0 Å². The van der Waals surface area contributed by atoms with Crippen LogP contribution >= 0.6 is 0 Å². The number of hydrogen-bond donors (Lipinski definition) is 2. The Bertz CT molecular complexity index is 282. The van der Waals surface area contributed by atoms with Crippen LogP contribution in [0, 0.1) is 13.8 Å². The number of aliphatic hydroxyl groups is 1. The maximum absolute atomic E-state index is 9.66. The molecule has 2 nitrogen and oxygen atoms in total. The van der Waals surface area contributed by atoms with E-state index in [2.05, 4.69) is 0 Å². The lowest BCUT2D eigenvalue weighted by Crippen LogP contribution is -2.02. The Morgan fingerprint density at radius 3 is 2.38 bits per heavy atom. The second kappa shape index (κ2) is 3.79. The Morgan fingerprint density at radius 1 is 1.31 bits per heavy atom. The molecule has 0 heterocycles. The molecule has 0 aliphatic heterocycles. The normalized spacial score (nSPS) is 12.9. The van der Waals surface area contributed by atoms with E-state index in [1.54, 1.807) is 6.07 Å². The summed E-state index contributed by atoms with van der Waals surface area (Å²) < 4.78 is 0. The van der Waals surface area contributed by atoms with Gasteiger partial charge in [-0.15, -0.1) is 0 Å². The van der Waals surface area contributed by atoms with Gasteiger partial charge in [-0.05, 0) is 31.0 Å². The van der Waals surface area contributed by atoms with Crippen LogP contribution in [0.5, 0.6) is 5.75 Å². The van der Waals surface area contributed by atoms with Crippen molar-refractivity contribution in [2.45, 2.75) is 26.7 Å². The van der Waals surface area contributed by atoms with Gasteiger partial charge in [0.25, 0.3) is 0 Å². The van der Waals surface area contributed by atoms with Crippen LogP contribution in [0.4, 0.5) is 0 Å². The summed E-state index contributed by atoms with van der Waals surface area (Å²) >= 11 is 0. The van der Waals surface area contributed by atoms with Crippen LogP contribution in [0.2, 0.25) is 0 Å². The Balaban J connectivity index is 3.20. The number of aryl methyl sites for hydroxylation is 2. The minimum atomic E-state index is 0.000556. The van der Waals surface area contributed by atoms with Crippen LogP contribution in [-0.4, -0.2) is 16.8 Å². The zero-order valence-electron chi connectivity index (χ0n) is 8.33. The van der Waals surface area contributed by atoms with Crippen LogP contribution in [0.1, 0.15) is 29.5 Å². The van der Waals surface area contributed by atoms with Gasteiger partial charge in [-0.3, -0.25) is 0 Å². The smallest absolute Gasteiger partial charge is 0.119 e. The first kappa shape index (κ1) is 10.1. The van der Waals surface area contributed by atoms with Gasteiger partial charge in [0.15, 0.2) is 0 Å². The van der Waals surface area contributed by atoms with E-state index in [-0.39, 0.29) is 12.5 Å². The maximum Gasteiger partial charge on any atom is 0.119 e. The third-order valence-corrected chi connectivity index (χ3v) is 2.28. The molecule has 72 valence electrons. The Hall–Kier alpha value is -1.02. The molecule has 0 fully saturated rings. The molecule has 0 radical (unpaired) electrons. The van der Waals surface area contributed by atoms with Crippen LogP contribution in [0.3, 0.4) is 0 Å². The second-order valence-corrected chi connectivity index (χ2v) is 3.60. The van der Waals surface area contributed by atoms with Crippen molar-refractivity contribution in [2.24, 2.45) is 0 Å². The molecular formula is C11H16O2. The summed E-state index contributed by atoms with van der Waals surface area (Å²) in [5, 5.41) is 18.7. The van der Waals surface area contributed by atoms with Gasteiger partial charge in [0, 0.05) is 18.1 Å². The summed E-state index contributed by atoms with van der Waals surface area (Å²) in [5.74, 6) is 0.291. The predicted octanol–water partition coefficient (Wildman–Crippen LogP) is 2.10. The van der Waals surface area contributed by atoms with Crippen molar-refractivity contribution in [2.75, 3.05) is 6.61 Å². The fourth-order valence-electron chi connectivity index (χ4n) is 1.69. The van der Waals surface area contributed by atoms with Gasteiger partial charge in [0.1, 0.15) is 5.75 Å². The molecule has 0 spiro atoms. The first-order valence-corrected chi connectivity index (χ1v) is 4.47. The highest BCUT2D eigenvalue weighted by atomic mass is 16.3. The van der Waals surface area contributed by atoms with E-state index >= 15 is 0 Å². The van der Waals surface area contributed by atoms with Crippen molar-refractivity contribution in [1.82, 2.24) is 0 Å². The standard InChI is InChI=1S/C11H16O2/c1-7-4-8(2)11(9(3)6-12)10(13)5-7/h4-5,9,12-13H,6H2,1-3H3. The summed E-state index contributed by atoms with van der Waals surface area (Å²) in [4.78, 5) is 0. The molecule has 1 unspecified atom stereocenters. The van der Waals surface area contributed by atoms with Gasteiger partial charge in [-0.25, -0.2) is 0 Å². The summed E-state index contributed by atoms with van der Waals surface area (Å²) in [5.41, 5.74) is 2.94. The molecule has 13 heavy (non-hydrogen) atoms. The lowest BCUT2D eigenvalue weighted by atomic mass is 9.94. The van der Waals surface area contributed by atoms with E-state index in [1.807, 2.05) is 26.8 Å². The summed E-state index contributed by atoms with van der Waals surface area (Å²) in [6, 6.07) is 3.75.